The van der Waals surface area contributed by atoms with E-state index in [1.807, 2.05) is 12.1 Å². The molecule has 4 aromatic rings. The number of fused-ring (bicyclic) bond motifs is 2. The first kappa shape index (κ1) is 93.9. The molecule has 640 valence electrons. The summed E-state index contributed by atoms with van der Waals surface area (Å²) >= 11 is 13.8. The molecule has 3 saturated carbocycles. The van der Waals surface area contributed by atoms with E-state index < -0.39 is 83.6 Å². The minimum absolute atomic E-state index is 0.0686. The standard InChI is InChI=1S/C89H135Cl2N15O9S/c1-104-78-40-15-16-41-79(78)116-82(104)62-67-48-56-106(77-39-14-13-34-69(67)77)55-25-5-12-42-81(108)97-74(59-64-27-6-2-7-28-64)87(113)99-72(37-18-22-52-93)85(111)102-76(61-66-31-10-4-11-32-66)89(115)101-73(38-19-23-53-94)86(112)103-75(60-65-29-8-3-9-30-65)88(114)100-71(36-17-21-51-92)84(110)98-70(83(95)109)35-20-24-54-96-80(107)43-26-33-63-44-46-68(47-45-63)105(57-49-90)58-50-91/h13-16,34,39-41,44-48,56,62,64-66,70-76H,2-12,17-33,35-38,42-43,49-55,57-61,92-94H2,1H3,(H9-,95,96,97,98,99,100,101,102,103,107,108,109,110,111,112,113,114,115)/p+1/t70-,71-,72-,73-,74+,75+,76+/m1/s1. The maximum atomic E-state index is 15.2. The number of pyridine rings is 1. The number of hydrogen-bond donors (Lipinski definition) is 12. The Morgan fingerprint density at radius 1 is 0.491 bits per heavy atom. The summed E-state index contributed by atoms with van der Waals surface area (Å²) in [5.41, 5.74) is 29.5. The number of alkyl halides is 2. The molecule has 16 N–H and O–H groups in total. The van der Waals surface area contributed by atoms with E-state index in [-0.39, 0.29) is 74.5 Å². The number of para-hydroxylation sites is 2. The summed E-state index contributed by atoms with van der Waals surface area (Å²) in [5.74, 6) is -3.17. The van der Waals surface area contributed by atoms with Crippen molar-refractivity contribution in [2.45, 2.75) is 291 Å². The average Bonchev–Trinajstić information content (AvgIpc) is 1.55. The van der Waals surface area contributed by atoms with Crippen molar-refractivity contribution >= 4 is 116 Å². The van der Waals surface area contributed by atoms with Crippen molar-refractivity contribution in [2.75, 3.05) is 67.9 Å². The fraction of sp³-hybridized carbons (Fsp3) is 0.640. The van der Waals surface area contributed by atoms with Gasteiger partial charge in [-0.15, -0.1) is 23.2 Å². The normalized spacial score (nSPS) is 16.9. The van der Waals surface area contributed by atoms with Crippen LogP contribution in [0.1, 0.15) is 242 Å². The minimum atomic E-state index is -1.17. The summed E-state index contributed by atoms with van der Waals surface area (Å²) in [5, 5.41) is 26.3. The molecular weight excluding hydrogens is 1530 g/mol. The number of amides is 9. The highest BCUT2D eigenvalue weighted by Gasteiger charge is 2.37. The number of thioether (sulfide) groups is 1. The Morgan fingerprint density at radius 3 is 1.44 bits per heavy atom. The third kappa shape index (κ3) is 32.0. The first-order valence-corrected chi connectivity index (χ1v) is 45.6. The molecule has 27 heteroatoms. The Bertz CT molecular complexity index is 3740. The molecule has 24 nitrogen and oxygen atoms in total. The van der Waals surface area contributed by atoms with E-state index in [0.717, 1.165) is 155 Å². The Balaban J connectivity index is 0.891. The number of benzene rings is 3. The quantitative estimate of drug-likeness (QED) is 0.0111. The molecule has 8 rings (SSSR count). The number of carbonyl (C=O) groups is 9. The molecule has 2 heterocycles. The van der Waals surface area contributed by atoms with Crippen LogP contribution in [0.2, 0.25) is 0 Å². The lowest BCUT2D eigenvalue weighted by Gasteiger charge is -2.31. The van der Waals surface area contributed by atoms with Gasteiger partial charge >= 0.3 is 0 Å². The Labute approximate surface area is 703 Å². The number of anilines is 2. The first-order valence-electron chi connectivity index (χ1n) is 43.8. The predicted octanol–water partition coefficient (Wildman–Crippen LogP) is 11.0. The lowest BCUT2D eigenvalue weighted by atomic mass is 9.84. The number of nitrogens with one attached hydrogen (secondary N) is 8. The molecule has 0 bridgehead atoms. The van der Waals surface area contributed by atoms with Crippen LogP contribution in [0.5, 0.6) is 0 Å². The highest BCUT2D eigenvalue weighted by Crippen LogP contribution is 2.46. The molecule has 3 fully saturated rings. The number of carbonyl (C=O) groups excluding carboxylic acids is 9. The van der Waals surface area contributed by atoms with Gasteiger partial charge in [-0.2, -0.15) is 4.57 Å². The van der Waals surface area contributed by atoms with Gasteiger partial charge in [0.05, 0.1) is 16.1 Å². The molecule has 9 amide bonds. The predicted molar refractivity (Wildman–Crippen MR) is 466 cm³/mol. The highest BCUT2D eigenvalue weighted by atomic mass is 35.5. The summed E-state index contributed by atoms with van der Waals surface area (Å²) in [6.45, 7) is 3.53. The summed E-state index contributed by atoms with van der Waals surface area (Å²) < 4.78 is 2.27. The topological polar surface area (TPSA) is 364 Å². The molecule has 0 saturated heterocycles. The zero-order chi connectivity index (χ0) is 82.8. The van der Waals surface area contributed by atoms with Gasteiger partial charge in [-0.05, 0) is 207 Å². The smallest absolute Gasteiger partial charge is 0.243 e. The fourth-order valence-corrected chi connectivity index (χ4v) is 18.4. The largest absolute Gasteiger partial charge is 0.369 e. The number of nitrogens with two attached hydrogens (primary N) is 4. The Morgan fingerprint density at radius 2 is 0.940 bits per heavy atom. The van der Waals surface area contributed by atoms with Gasteiger partial charge in [0.15, 0.2) is 6.20 Å². The highest BCUT2D eigenvalue weighted by molar-refractivity contribution is 8.03. The van der Waals surface area contributed by atoms with E-state index in [9.17, 15) is 28.8 Å². The number of unbranched alkanes of at least 4 members (excludes halogenated alkanes) is 6. The maximum absolute atomic E-state index is 15.2. The van der Waals surface area contributed by atoms with Gasteiger partial charge in [-0.25, -0.2) is 0 Å². The fourth-order valence-electron chi connectivity index (χ4n) is 16.9. The first-order chi connectivity index (χ1) is 56.4. The van der Waals surface area contributed by atoms with E-state index >= 15 is 14.4 Å². The number of hydrogen-bond acceptors (Lipinski definition) is 15. The van der Waals surface area contributed by atoms with E-state index in [2.05, 4.69) is 143 Å². The van der Waals surface area contributed by atoms with Gasteiger partial charge in [-0.3, -0.25) is 43.2 Å². The monoisotopic (exact) mass is 1660 g/mol. The lowest BCUT2D eigenvalue weighted by Crippen LogP contribution is -2.60. The van der Waals surface area contributed by atoms with Crippen LogP contribution in [0, 0.1) is 17.8 Å². The average molecular weight is 1660 g/mol. The summed E-state index contributed by atoms with van der Waals surface area (Å²) in [6.07, 6.45) is 28.6. The molecule has 0 unspecified atom stereocenters. The van der Waals surface area contributed by atoms with Crippen molar-refractivity contribution in [2.24, 2.45) is 40.7 Å². The number of primary amides is 1. The zero-order valence-corrected chi connectivity index (χ0v) is 71.3. The van der Waals surface area contributed by atoms with Crippen LogP contribution in [0.25, 0.3) is 17.0 Å². The van der Waals surface area contributed by atoms with Crippen molar-refractivity contribution in [1.82, 2.24) is 42.5 Å². The second kappa shape index (κ2) is 52.4. The lowest BCUT2D eigenvalue weighted by molar-refractivity contribution is -0.671. The molecular formula is C89H136Cl2N15O9S+. The van der Waals surface area contributed by atoms with Gasteiger partial charge in [0.2, 0.25) is 58.7 Å². The number of halogens is 2. The molecule has 0 spiro atoms. The molecule has 0 radical (unpaired) electrons. The Hall–Kier alpha value is -7.55. The SMILES string of the molecule is CN1/C(=C\c2cc[n+](CCCCCC(=O)N[C@@H](CC3CCCCC3)C(=O)N[C@H](CCCCN)C(=O)N[C@@H](CC3CCCCC3)C(=O)N[C@H](CCCCN)C(=O)N[C@@H](CC3CCCCC3)C(=O)N[C@H](CCCCN)C(=O)N[C@H](CCCCNC(=O)CCCc3ccc(N(CCCl)CCCl)cc3)C(N)=O)c3ccccc23)Sc2ccccc21. The van der Waals surface area contributed by atoms with Crippen LogP contribution in [0.4, 0.5) is 11.4 Å². The third-order valence-electron chi connectivity index (χ3n) is 23.6. The van der Waals surface area contributed by atoms with Gasteiger partial charge < -0.3 is 75.3 Å². The molecule has 1 aliphatic heterocycles. The van der Waals surface area contributed by atoms with E-state index in [4.69, 9.17) is 46.1 Å². The number of rotatable bonds is 53. The van der Waals surface area contributed by atoms with Crippen LogP contribution in [-0.4, -0.2) is 154 Å². The van der Waals surface area contributed by atoms with Crippen LogP contribution in [-0.2, 0) is 56.1 Å². The van der Waals surface area contributed by atoms with Crippen molar-refractivity contribution in [3.05, 3.63) is 101 Å². The van der Waals surface area contributed by atoms with Crippen LogP contribution >= 0.6 is 35.0 Å². The Kier molecular flexibility index (Phi) is 42.4. The zero-order valence-electron chi connectivity index (χ0n) is 69.0. The van der Waals surface area contributed by atoms with Gasteiger partial charge in [0.25, 0.3) is 0 Å². The van der Waals surface area contributed by atoms with Gasteiger partial charge in [0, 0.05) is 80.4 Å². The second-order valence-electron chi connectivity index (χ2n) is 32.6. The molecule has 116 heavy (non-hydrogen) atoms. The summed E-state index contributed by atoms with van der Waals surface area (Å²) in [7, 11) is 2.10. The van der Waals surface area contributed by atoms with Crippen molar-refractivity contribution in [1.29, 1.82) is 0 Å². The van der Waals surface area contributed by atoms with Gasteiger partial charge in [0.1, 0.15) is 48.8 Å². The second-order valence-corrected chi connectivity index (χ2v) is 34.4. The minimum Gasteiger partial charge on any atom is -0.369 e. The van der Waals surface area contributed by atoms with E-state index in [1.165, 1.54) is 10.6 Å². The van der Waals surface area contributed by atoms with Crippen molar-refractivity contribution in [3.8, 4) is 0 Å². The van der Waals surface area contributed by atoms with Gasteiger partial charge in [-0.1, -0.05) is 144 Å². The van der Waals surface area contributed by atoms with Crippen LogP contribution in [0.3, 0.4) is 0 Å². The molecule has 7 atom stereocenters. The number of aryl methyl sites for hydroxylation is 2. The summed E-state index contributed by atoms with van der Waals surface area (Å²) in [4.78, 5) is 135. The van der Waals surface area contributed by atoms with Crippen LogP contribution < -0.4 is 79.8 Å². The molecule has 4 aliphatic rings. The van der Waals surface area contributed by atoms with E-state index in [0.29, 0.717) is 128 Å². The third-order valence-corrected chi connectivity index (χ3v) is 25.1. The number of aromatic nitrogens is 1. The van der Waals surface area contributed by atoms with Crippen molar-refractivity contribution in [3.63, 3.8) is 0 Å². The maximum Gasteiger partial charge on any atom is 0.243 e. The van der Waals surface area contributed by atoms with Crippen molar-refractivity contribution < 1.29 is 47.7 Å². The molecule has 3 aliphatic carbocycles. The summed E-state index contributed by atoms with van der Waals surface area (Å²) in [6, 6.07) is 19.6. The van der Waals surface area contributed by atoms with Crippen LogP contribution in [0.15, 0.2) is 95.0 Å². The molecule has 3 aromatic carbocycles. The number of nitrogens with zero attached hydrogens (tertiary/aromatic N) is 3. The van der Waals surface area contributed by atoms with E-state index in [1.54, 1.807) is 11.8 Å². The molecule has 1 aromatic heterocycles.